The van der Waals surface area contributed by atoms with Gasteiger partial charge in [0.1, 0.15) is 24.0 Å². The van der Waals surface area contributed by atoms with Crippen molar-refractivity contribution < 1.29 is 55.8 Å². The molecule has 1 rings (SSSR count). The van der Waals surface area contributed by atoms with E-state index in [2.05, 4.69) is 5.32 Å². The smallest absolute Gasteiger partial charge is 0.462 e. The molecule has 0 aliphatic carbocycles. The predicted molar refractivity (Wildman–Crippen MR) is 137 cm³/mol. The first kappa shape index (κ1) is 33.8. The third kappa shape index (κ3) is 12.4. The van der Waals surface area contributed by atoms with Crippen molar-refractivity contribution in [2.24, 2.45) is 5.41 Å². The van der Waals surface area contributed by atoms with Crippen LogP contribution in [0, 0.1) is 5.41 Å². The van der Waals surface area contributed by atoms with Crippen molar-refractivity contribution in [3.8, 4) is 5.75 Å². The molecule has 0 bridgehead atoms. The minimum absolute atomic E-state index is 0.0260. The lowest BCUT2D eigenvalue weighted by molar-refractivity contribution is -0.164. The number of rotatable bonds is 16. The summed E-state index contributed by atoms with van der Waals surface area (Å²) in [5, 5.41) is 12.9. The van der Waals surface area contributed by atoms with E-state index in [0.29, 0.717) is 0 Å². The van der Waals surface area contributed by atoms with E-state index in [0.717, 1.165) is 0 Å². The molecule has 0 fully saturated rings. The Morgan fingerprint density at radius 2 is 1.74 bits per heavy atom. The molecule has 1 amide bonds. The number of hydrogen-bond acceptors (Lipinski definition) is 12. The van der Waals surface area contributed by atoms with Crippen molar-refractivity contribution in [3.05, 3.63) is 29.8 Å². The summed E-state index contributed by atoms with van der Waals surface area (Å²) in [6.07, 6.45) is -3.49. The van der Waals surface area contributed by atoms with Crippen molar-refractivity contribution in [2.45, 2.75) is 59.7 Å². The van der Waals surface area contributed by atoms with Crippen molar-refractivity contribution in [3.63, 3.8) is 0 Å². The standard InChI is InChI=1S/C25H37NO12S/c1-6-18(37-24(31)38-20-12-9-8-11-19(20)22(29)34-7-2)15-35-23(30)21(28)25(4,5)16-36-39(32,33)14-10-13-26-17(3)27/h8-9,11-12,18,21,28H,6-7,10,13-16H2,1-5H3,(H,26,27)/t18-,21?/m1/s1. The highest BCUT2D eigenvalue weighted by molar-refractivity contribution is 7.86. The average Bonchev–Trinajstić information content (AvgIpc) is 2.87. The van der Waals surface area contributed by atoms with Gasteiger partial charge in [-0.3, -0.25) is 8.98 Å². The lowest BCUT2D eigenvalue weighted by Gasteiger charge is -2.28. The van der Waals surface area contributed by atoms with Gasteiger partial charge < -0.3 is 29.4 Å². The maximum atomic E-state index is 12.4. The monoisotopic (exact) mass is 575 g/mol. The van der Waals surface area contributed by atoms with Crippen molar-refractivity contribution in [1.29, 1.82) is 0 Å². The quantitative estimate of drug-likeness (QED) is 0.0963. The molecule has 2 atom stereocenters. The van der Waals surface area contributed by atoms with Crippen LogP contribution in [0.4, 0.5) is 4.79 Å². The van der Waals surface area contributed by atoms with E-state index in [-0.39, 0.29) is 49.0 Å². The van der Waals surface area contributed by atoms with E-state index < -0.39 is 59.0 Å². The lowest BCUT2D eigenvalue weighted by atomic mass is 9.88. The second-order valence-electron chi connectivity index (χ2n) is 9.10. The molecule has 39 heavy (non-hydrogen) atoms. The maximum Gasteiger partial charge on any atom is 0.514 e. The van der Waals surface area contributed by atoms with Gasteiger partial charge in [0.05, 0.1) is 19.0 Å². The highest BCUT2D eigenvalue weighted by Gasteiger charge is 2.37. The molecule has 1 aromatic carbocycles. The minimum atomic E-state index is -3.97. The molecule has 1 unspecified atom stereocenters. The molecule has 14 heteroatoms. The zero-order valence-electron chi connectivity index (χ0n) is 22.8. The van der Waals surface area contributed by atoms with Gasteiger partial charge in [0, 0.05) is 18.9 Å². The first-order chi connectivity index (χ1) is 18.2. The van der Waals surface area contributed by atoms with Crippen molar-refractivity contribution in [2.75, 3.05) is 32.1 Å². The second-order valence-corrected chi connectivity index (χ2v) is 10.9. The molecular formula is C25H37NO12S. The number of para-hydroxylation sites is 1. The summed E-state index contributed by atoms with van der Waals surface area (Å²) < 4.78 is 49.4. The third-order valence-electron chi connectivity index (χ3n) is 5.22. The number of hydrogen-bond donors (Lipinski definition) is 2. The Morgan fingerprint density at radius 1 is 1.08 bits per heavy atom. The van der Waals surface area contributed by atoms with Crippen LogP contribution in [0.2, 0.25) is 0 Å². The van der Waals surface area contributed by atoms with E-state index in [1.54, 1.807) is 26.0 Å². The molecule has 0 radical (unpaired) electrons. The number of ether oxygens (including phenoxy) is 4. The number of aliphatic hydroxyl groups is 1. The predicted octanol–water partition coefficient (Wildman–Crippen LogP) is 1.96. The summed E-state index contributed by atoms with van der Waals surface area (Å²) in [7, 11) is -3.97. The van der Waals surface area contributed by atoms with E-state index in [1.165, 1.54) is 32.9 Å². The van der Waals surface area contributed by atoms with Crippen LogP contribution in [0.5, 0.6) is 5.75 Å². The van der Waals surface area contributed by atoms with Crippen LogP contribution in [0.25, 0.3) is 0 Å². The zero-order chi connectivity index (χ0) is 29.6. The van der Waals surface area contributed by atoms with Gasteiger partial charge in [0.15, 0.2) is 6.10 Å². The number of benzene rings is 1. The van der Waals surface area contributed by atoms with Crippen LogP contribution in [-0.4, -0.2) is 81.9 Å². The van der Waals surface area contributed by atoms with Gasteiger partial charge in [-0.1, -0.05) is 32.9 Å². The molecule has 1 aromatic rings. The highest BCUT2D eigenvalue weighted by Crippen LogP contribution is 2.24. The Kier molecular flexibility index (Phi) is 13.9. The molecule has 220 valence electrons. The fourth-order valence-electron chi connectivity index (χ4n) is 2.88. The molecule has 0 saturated carbocycles. The highest BCUT2D eigenvalue weighted by atomic mass is 32.2. The summed E-state index contributed by atoms with van der Waals surface area (Å²) in [5.74, 6) is -2.48. The van der Waals surface area contributed by atoms with Gasteiger partial charge in [-0.15, -0.1) is 0 Å². The number of amides is 1. The van der Waals surface area contributed by atoms with Crippen LogP contribution in [-0.2, 0) is 38.1 Å². The topological polar surface area (TPSA) is 181 Å². The minimum Gasteiger partial charge on any atom is -0.462 e. The van der Waals surface area contributed by atoms with Crippen LogP contribution in [0.3, 0.4) is 0 Å². The molecule has 0 aromatic heterocycles. The molecule has 0 saturated heterocycles. The van der Waals surface area contributed by atoms with Crippen LogP contribution >= 0.6 is 0 Å². The molecule has 13 nitrogen and oxygen atoms in total. The number of esters is 2. The Bertz CT molecular complexity index is 1090. The fourth-order valence-corrected chi connectivity index (χ4v) is 3.98. The summed E-state index contributed by atoms with van der Waals surface area (Å²) in [6.45, 7) is 6.79. The second kappa shape index (κ2) is 16.0. The van der Waals surface area contributed by atoms with Crippen LogP contribution in [0.15, 0.2) is 24.3 Å². The third-order valence-corrected chi connectivity index (χ3v) is 6.49. The SMILES string of the molecule is CCOC(=O)c1ccccc1OC(=O)O[C@H](CC)COC(=O)C(O)C(C)(C)COS(=O)(=O)CCCNC(C)=O. The largest absolute Gasteiger partial charge is 0.514 e. The van der Waals surface area contributed by atoms with Crippen LogP contribution in [0.1, 0.15) is 57.8 Å². The van der Waals surface area contributed by atoms with Gasteiger partial charge in [0.2, 0.25) is 5.91 Å². The molecule has 0 aliphatic heterocycles. The first-order valence-electron chi connectivity index (χ1n) is 12.3. The maximum absolute atomic E-state index is 12.4. The Labute approximate surface area is 228 Å². The number of carbonyl (C=O) groups excluding carboxylic acids is 4. The number of carbonyl (C=O) groups is 4. The Hall–Kier alpha value is -3.23. The van der Waals surface area contributed by atoms with Crippen molar-refractivity contribution >= 4 is 34.1 Å². The van der Waals surface area contributed by atoms with Gasteiger partial charge in [-0.2, -0.15) is 8.42 Å². The molecule has 0 spiro atoms. The van der Waals surface area contributed by atoms with Crippen LogP contribution < -0.4 is 10.1 Å². The number of aliphatic hydroxyl groups excluding tert-OH is 1. The summed E-state index contributed by atoms with van der Waals surface area (Å²) in [5.41, 5.74) is -1.32. The van der Waals surface area contributed by atoms with Gasteiger partial charge in [0.25, 0.3) is 10.1 Å². The number of nitrogens with one attached hydrogen (secondary N) is 1. The van der Waals surface area contributed by atoms with E-state index in [9.17, 15) is 32.7 Å². The molecule has 0 aliphatic rings. The molecule has 2 N–H and O–H groups in total. The van der Waals surface area contributed by atoms with E-state index in [1.807, 2.05) is 0 Å². The van der Waals surface area contributed by atoms with E-state index in [4.69, 9.17) is 23.1 Å². The van der Waals surface area contributed by atoms with E-state index >= 15 is 0 Å². The lowest BCUT2D eigenvalue weighted by Crippen LogP contribution is -2.42. The first-order valence-corrected chi connectivity index (χ1v) is 13.9. The summed E-state index contributed by atoms with van der Waals surface area (Å²) in [6, 6.07) is 5.93. The fraction of sp³-hybridized carbons (Fsp3) is 0.600. The Morgan fingerprint density at radius 3 is 2.36 bits per heavy atom. The Balaban J connectivity index is 2.61. The normalized spacial score (nSPS) is 13.1. The summed E-state index contributed by atoms with van der Waals surface area (Å²) >= 11 is 0. The average molecular weight is 576 g/mol. The molecular weight excluding hydrogens is 538 g/mol. The van der Waals surface area contributed by atoms with Gasteiger partial charge in [-0.05, 0) is 31.9 Å². The van der Waals surface area contributed by atoms with Gasteiger partial charge >= 0.3 is 18.1 Å². The zero-order valence-corrected chi connectivity index (χ0v) is 23.6. The van der Waals surface area contributed by atoms with Gasteiger partial charge in [-0.25, -0.2) is 14.4 Å². The molecule has 0 heterocycles. The summed E-state index contributed by atoms with van der Waals surface area (Å²) in [4.78, 5) is 47.6. The van der Waals surface area contributed by atoms with Crippen molar-refractivity contribution in [1.82, 2.24) is 5.32 Å².